The molecular formula is C12H14NS+. The van der Waals surface area contributed by atoms with E-state index >= 15 is 0 Å². The Bertz CT molecular complexity index is 451. The van der Waals surface area contributed by atoms with E-state index in [0.717, 1.165) is 5.75 Å². The second-order valence-corrected chi connectivity index (χ2v) is 4.55. The molecule has 0 saturated heterocycles. The quantitative estimate of drug-likeness (QED) is 0.537. The van der Waals surface area contributed by atoms with E-state index in [4.69, 9.17) is 0 Å². The van der Waals surface area contributed by atoms with Gasteiger partial charge < -0.3 is 0 Å². The summed E-state index contributed by atoms with van der Waals surface area (Å²) >= 11 is 1.90. The molecule has 0 saturated carbocycles. The minimum atomic E-state index is 1.12. The Hall–Kier alpha value is -1.02. The highest BCUT2D eigenvalue weighted by Gasteiger charge is 2.07. The van der Waals surface area contributed by atoms with Crippen molar-refractivity contribution in [3.05, 3.63) is 36.5 Å². The van der Waals surface area contributed by atoms with Crippen LogP contribution in [0.3, 0.4) is 0 Å². The molecule has 1 nitrogen and oxygen atoms in total. The highest BCUT2D eigenvalue weighted by molar-refractivity contribution is 7.99. The molecule has 1 heterocycles. The van der Waals surface area contributed by atoms with E-state index in [1.165, 1.54) is 15.8 Å². The van der Waals surface area contributed by atoms with Gasteiger partial charge in [0.05, 0.1) is 5.39 Å². The molecule has 72 valence electrons. The number of rotatable bonds is 2. The summed E-state index contributed by atoms with van der Waals surface area (Å²) in [6.45, 7) is 2.19. The van der Waals surface area contributed by atoms with E-state index in [9.17, 15) is 0 Å². The zero-order valence-corrected chi connectivity index (χ0v) is 9.34. The highest BCUT2D eigenvalue weighted by atomic mass is 32.2. The Morgan fingerprint density at radius 3 is 2.79 bits per heavy atom. The molecule has 2 aromatic rings. The fourth-order valence-electron chi connectivity index (χ4n) is 1.62. The predicted molar refractivity (Wildman–Crippen MR) is 61.5 cm³/mol. The summed E-state index contributed by atoms with van der Waals surface area (Å²) in [7, 11) is 2.09. The van der Waals surface area contributed by atoms with Crippen molar-refractivity contribution in [3.8, 4) is 0 Å². The van der Waals surface area contributed by atoms with Crippen molar-refractivity contribution in [3.63, 3.8) is 0 Å². The molecule has 0 unspecified atom stereocenters. The number of benzene rings is 1. The number of hydrogen-bond acceptors (Lipinski definition) is 1. The molecule has 2 heteroatoms. The van der Waals surface area contributed by atoms with Crippen molar-refractivity contribution in [2.45, 2.75) is 11.8 Å². The van der Waals surface area contributed by atoms with Gasteiger partial charge in [-0.3, -0.25) is 0 Å². The lowest BCUT2D eigenvalue weighted by atomic mass is 10.2. The van der Waals surface area contributed by atoms with Gasteiger partial charge in [0.25, 0.3) is 0 Å². The molecule has 0 N–H and O–H groups in total. The number of fused-ring (bicyclic) bond motifs is 1. The van der Waals surface area contributed by atoms with Gasteiger partial charge in [-0.05, 0) is 11.8 Å². The van der Waals surface area contributed by atoms with Gasteiger partial charge in [0.15, 0.2) is 6.20 Å². The minimum Gasteiger partial charge on any atom is -0.201 e. The summed E-state index contributed by atoms with van der Waals surface area (Å²) in [5.41, 5.74) is 1.30. The smallest absolute Gasteiger partial charge is 0.201 e. The van der Waals surface area contributed by atoms with Crippen molar-refractivity contribution in [2.75, 3.05) is 5.75 Å². The molecule has 1 aromatic carbocycles. The molecule has 0 bridgehead atoms. The molecular weight excluding hydrogens is 190 g/mol. The molecule has 0 amide bonds. The molecule has 0 radical (unpaired) electrons. The maximum Gasteiger partial charge on any atom is 0.213 e. The maximum absolute atomic E-state index is 2.19. The van der Waals surface area contributed by atoms with Crippen LogP contribution in [0, 0.1) is 0 Å². The largest absolute Gasteiger partial charge is 0.213 e. The second kappa shape index (κ2) is 4.01. The fourth-order valence-corrected chi connectivity index (χ4v) is 2.42. The van der Waals surface area contributed by atoms with E-state index in [2.05, 4.69) is 55.1 Å². The van der Waals surface area contributed by atoms with Crippen molar-refractivity contribution in [1.29, 1.82) is 0 Å². The van der Waals surface area contributed by atoms with Gasteiger partial charge in [-0.15, -0.1) is 11.8 Å². The van der Waals surface area contributed by atoms with Crippen LogP contribution in [0.5, 0.6) is 0 Å². The van der Waals surface area contributed by atoms with E-state index in [-0.39, 0.29) is 0 Å². The van der Waals surface area contributed by atoms with Crippen molar-refractivity contribution >= 4 is 22.7 Å². The zero-order valence-electron chi connectivity index (χ0n) is 8.53. The maximum atomic E-state index is 2.19. The number of aryl methyl sites for hydroxylation is 1. The highest BCUT2D eigenvalue weighted by Crippen LogP contribution is 2.24. The summed E-state index contributed by atoms with van der Waals surface area (Å²) in [5.74, 6) is 1.12. The van der Waals surface area contributed by atoms with Crippen molar-refractivity contribution < 1.29 is 4.57 Å². The molecule has 0 aliphatic heterocycles. The third-order valence-electron chi connectivity index (χ3n) is 2.30. The van der Waals surface area contributed by atoms with Crippen LogP contribution >= 0.6 is 11.8 Å². The van der Waals surface area contributed by atoms with E-state index in [1.54, 1.807) is 0 Å². The Morgan fingerprint density at radius 2 is 2.00 bits per heavy atom. The van der Waals surface area contributed by atoms with Gasteiger partial charge in [-0.25, -0.2) is 4.57 Å². The predicted octanol–water partition coefficient (Wildman–Crippen LogP) is 2.78. The molecule has 14 heavy (non-hydrogen) atoms. The van der Waals surface area contributed by atoms with Crippen LogP contribution in [0.1, 0.15) is 6.92 Å². The first-order valence-electron chi connectivity index (χ1n) is 4.83. The molecule has 2 rings (SSSR count). The summed E-state index contributed by atoms with van der Waals surface area (Å²) in [5, 5.41) is 1.35. The monoisotopic (exact) mass is 204 g/mol. The molecule has 0 fully saturated rings. The van der Waals surface area contributed by atoms with E-state index in [0.29, 0.717) is 0 Å². The third-order valence-corrected chi connectivity index (χ3v) is 3.25. The average molecular weight is 204 g/mol. The van der Waals surface area contributed by atoms with Crippen LogP contribution in [0.15, 0.2) is 41.4 Å². The molecule has 0 aliphatic carbocycles. The van der Waals surface area contributed by atoms with Gasteiger partial charge in [0.1, 0.15) is 7.05 Å². The molecule has 1 aromatic heterocycles. The molecule has 0 atom stereocenters. The Labute approximate surface area is 88.8 Å². The summed E-state index contributed by atoms with van der Waals surface area (Å²) in [6, 6.07) is 10.7. The van der Waals surface area contributed by atoms with Gasteiger partial charge in [-0.1, -0.05) is 19.1 Å². The van der Waals surface area contributed by atoms with Crippen LogP contribution in [-0.4, -0.2) is 5.75 Å². The van der Waals surface area contributed by atoms with Crippen molar-refractivity contribution in [1.82, 2.24) is 0 Å². The second-order valence-electron chi connectivity index (χ2n) is 3.24. The number of thioether (sulfide) groups is 1. The lowest BCUT2D eigenvalue weighted by molar-refractivity contribution is -0.645. The number of para-hydroxylation sites is 1. The lowest BCUT2D eigenvalue weighted by Gasteiger charge is -2.02. The SMILES string of the molecule is CCSc1cc[n+](C)c2ccccc12. The minimum absolute atomic E-state index is 1.12. The van der Waals surface area contributed by atoms with Crippen molar-refractivity contribution in [2.24, 2.45) is 7.05 Å². The van der Waals surface area contributed by atoms with Crippen LogP contribution in [0.4, 0.5) is 0 Å². The van der Waals surface area contributed by atoms with Crippen LogP contribution in [-0.2, 0) is 7.05 Å². The standard InChI is InChI=1S/C12H14NS/c1-3-14-12-8-9-13(2)11-7-5-4-6-10(11)12/h4-9H,3H2,1-2H3/q+1. The van der Waals surface area contributed by atoms with Gasteiger partial charge in [0, 0.05) is 17.0 Å². The fraction of sp³-hybridized carbons (Fsp3) is 0.250. The number of aromatic nitrogens is 1. The molecule has 0 aliphatic rings. The van der Waals surface area contributed by atoms with Gasteiger partial charge >= 0.3 is 0 Å². The molecule has 0 spiro atoms. The van der Waals surface area contributed by atoms with E-state index in [1.807, 2.05) is 11.8 Å². The van der Waals surface area contributed by atoms with Gasteiger partial charge in [0.2, 0.25) is 5.52 Å². The normalized spacial score (nSPS) is 10.7. The Kier molecular flexibility index (Phi) is 2.73. The Morgan fingerprint density at radius 1 is 1.21 bits per heavy atom. The topological polar surface area (TPSA) is 3.88 Å². The number of hydrogen-bond donors (Lipinski definition) is 0. The summed E-state index contributed by atoms with van der Waals surface area (Å²) in [6.07, 6.45) is 2.13. The van der Waals surface area contributed by atoms with Crippen LogP contribution in [0.25, 0.3) is 10.9 Å². The van der Waals surface area contributed by atoms with Gasteiger partial charge in [-0.2, -0.15) is 0 Å². The number of pyridine rings is 1. The lowest BCUT2D eigenvalue weighted by Crippen LogP contribution is -2.28. The van der Waals surface area contributed by atoms with Crippen LogP contribution in [0.2, 0.25) is 0 Å². The first-order valence-corrected chi connectivity index (χ1v) is 5.81. The first kappa shape index (κ1) is 9.53. The first-order chi connectivity index (χ1) is 6.83. The average Bonchev–Trinajstić information content (AvgIpc) is 2.23. The Balaban J connectivity index is 2.68. The summed E-state index contributed by atoms with van der Waals surface area (Å²) in [4.78, 5) is 1.38. The van der Waals surface area contributed by atoms with Crippen LogP contribution < -0.4 is 4.57 Å². The van der Waals surface area contributed by atoms with E-state index < -0.39 is 0 Å². The third kappa shape index (κ3) is 1.62. The summed E-state index contributed by atoms with van der Waals surface area (Å²) < 4.78 is 2.16. The number of nitrogens with zero attached hydrogens (tertiary/aromatic N) is 1. The zero-order chi connectivity index (χ0) is 9.97.